The molecule has 4 heteroatoms. The van der Waals surface area contributed by atoms with E-state index in [2.05, 4.69) is 67.2 Å². The monoisotopic (exact) mass is 388 g/mol. The predicted molar refractivity (Wildman–Crippen MR) is 88.4 cm³/mol. The topological polar surface area (TPSA) is 15.3 Å². The van der Waals surface area contributed by atoms with E-state index in [1.165, 1.54) is 42.4 Å². The van der Waals surface area contributed by atoms with Crippen LogP contribution >= 0.6 is 31.9 Å². The summed E-state index contributed by atoms with van der Waals surface area (Å²) < 4.78 is 2.28. The highest BCUT2D eigenvalue weighted by Crippen LogP contribution is 2.21. The summed E-state index contributed by atoms with van der Waals surface area (Å²) in [5, 5.41) is 3.62. The van der Waals surface area contributed by atoms with Gasteiger partial charge < -0.3 is 10.2 Å². The van der Waals surface area contributed by atoms with Gasteiger partial charge >= 0.3 is 0 Å². The molecule has 1 atom stereocenters. The minimum atomic E-state index is 0.536. The number of nitrogens with zero attached hydrogens (tertiary/aromatic N) is 1. The van der Waals surface area contributed by atoms with Crippen LogP contribution in [0.2, 0.25) is 0 Å². The van der Waals surface area contributed by atoms with E-state index >= 15 is 0 Å². The van der Waals surface area contributed by atoms with E-state index < -0.39 is 0 Å². The number of rotatable bonds is 5. The van der Waals surface area contributed by atoms with Crippen LogP contribution in [-0.2, 0) is 6.54 Å². The summed E-state index contributed by atoms with van der Waals surface area (Å²) in [6, 6.07) is 6.90. The van der Waals surface area contributed by atoms with Crippen LogP contribution < -0.4 is 5.32 Å². The molecule has 0 aliphatic carbocycles. The maximum absolute atomic E-state index is 3.62. The Morgan fingerprint density at radius 3 is 2.63 bits per heavy atom. The Bertz CT molecular complexity index is 403. The van der Waals surface area contributed by atoms with Crippen molar-refractivity contribution < 1.29 is 0 Å². The third kappa shape index (κ3) is 5.18. The van der Waals surface area contributed by atoms with E-state index in [0.717, 1.165) is 17.6 Å². The SMILES string of the molecule is CC(CN1CCCCC1)NCc1ccc(Br)cc1Br. The van der Waals surface area contributed by atoms with Gasteiger partial charge in [-0.1, -0.05) is 44.3 Å². The molecule has 1 N–H and O–H groups in total. The average molecular weight is 390 g/mol. The first-order valence-electron chi connectivity index (χ1n) is 7.05. The molecule has 2 rings (SSSR count). The molecule has 0 radical (unpaired) electrons. The van der Waals surface area contributed by atoms with Crippen LogP contribution in [0.5, 0.6) is 0 Å². The number of likely N-dealkylation sites (tertiary alicyclic amines) is 1. The Morgan fingerprint density at radius 1 is 1.21 bits per heavy atom. The number of benzene rings is 1. The molecule has 1 unspecified atom stereocenters. The zero-order valence-corrected chi connectivity index (χ0v) is 14.6. The van der Waals surface area contributed by atoms with Gasteiger partial charge in [0.05, 0.1) is 0 Å². The molecule has 1 saturated heterocycles. The van der Waals surface area contributed by atoms with Crippen molar-refractivity contribution in [2.24, 2.45) is 0 Å². The van der Waals surface area contributed by atoms with Gasteiger partial charge in [0, 0.05) is 28.1 Å². The number of hydrogen-bond donors (Lipinski definition) is 1. The lowest BCUT2D eigenvalue weighted by molar-refractivity contribution is 0.209. The first-order valence-corrected chi connectivity index (χ1v) is 8.63. The van der Waals surface area contributed by atoms with Crippen molar-refractivity contribution in [3.05, 3.63) is 32.7 Å². The fourth-order valence-corrected chi connectivity index (χ4v) is 3.73. The van der Waals surface area contributed by atoms with E-state index in [1.807, 2.05) is 0 Å². The van der Waals surface area contributed by atoms with E-state index in [4.69, 9.17) is 0 Å². The molecule has 1 fully saturated rings. The molecule has 0 bridgehead atoms. The second-order valence-electron chi connectivity index (χ2n) is 5.38. The lowest BCUT2D eigenvalue weighted by Gasteiger charge is -2.29. The van der Waals surface area contributed by atoms with Gasteiger partial charge in [-0.25, -0.2) is 0 Å². The Labute approximate surface area is 133 Å². The third-order valence-electron chi connectivity index (χ3n) is 3.64. The molecule has 0 saturated carbocycles. The smallest absolute Gasteiger partial charge is 0.0231 e. The van der Waals surface area contributed by atoms with Gasteiger partial charge in [0.2, 0.25) is 0 Å². The van der Waals surface area contributed by atoms with Crippen LogP contribution in [0.15, 0.2) is 27.1 Å². The van der Waals surface area contributed by atoms with E-state index in [0.29, 0.717) is 6.04 Å². The van der Waals surface area contributed by atoms with Gasteiger partial charge in [-0.05, 0) is 50.6 Å². The summed E-state index contributed by atoms with van der Waals surface area (Å²) in [4.78, 5) is 2.58. The van der Waals surface area contributed by atoms with E-state index in [9.17, 15) is 0 Å². The standard InChI is InChI=1S/C15H22Br2N2/c1-12(11-19-7-3-2-4-8-19)18-10-13-5-6-14(16)9-15(13)17/h5-6,9,12,18H,2-4,7-8,10-11H2,1H3. The van der Waals surface area contributed by atoms with Gasteiger partial charge in [0.1, 0.15) is 0 Å². The van der Waals surface area contributed by atoms with Crippen molar-refractivity contribution in [1.29, 1.82) is 0 Å². The highest BCUT2D eigenvalue weighted by molar-refractivity contribution is 9.11. The van der Waals surface area contributed by atoms with Crippen molar-refractivity contribution >= 4 is 31.9 Å². The number of hydrogen-bond acceptors (Lipinski definition) is 2. The van der Waals surface area contributed by atoms with Crippen molar-refractivity contribution in [3.8, 4) is 0 Å². The summed E-state index contributed by atoms with van der Waals surface area (Å²) in [5.41, 5.74) is 1.31. The maximum Gasteiger partial charge on any atom is 0.0231 e. The van der Waals surface area contributed by atoms with Crippen molar-refractivity contribution in [2.45, 2.75) is 38.8 Å². The van der Waals surface area contributed by atoms with Crippen molar-refractivity contribution in [2.75, 3.05) is 19.6 Å². The zero-order valence-electron chi connectivity index (χ0n) is 11.5. The van der Waals surface area contributed by atoms with Crippen LogP contribution in [0.1, 0.15) is 31.7 Å². The first-order chi connectivity index (χ1) is 9.15. The zero-order chi connectivity index (χ0) is 13.7. The van der Waals surface area contributed by atoms with Crippen LogP contribution in [0.25, 0.3) is 0 Å². The van der Waals surface area contributed by atoms with Gasteiger partial charge in [0.15, 0.2) is 0 Å². The minimum absolute atomic E-state index is 0.536. The summed E-state index contributed by atoms with van der Waals surface area (Å²) in [5.74, 6) is 0. The van der Waals surface area contributed by atoms with Crippen LogP contribution in [0, 0.1) is 0 Å². The predicted octanol–water partition coefficient (Wildman–Crippen LogP) is 4.18. The molecule has 1 heterocycles. The molecular weight excluding hydrogens is 368 g/mol. The molecule has 106 valence electrons. The lowest BCUT2D eigenvalue weighted by Crippen LogP contribution is -2.41. The maximum atomic E-state index is 3.62. The lowest BCUT2D eigenvalue weighted by atomic mass is 10.1. The van der Waals surface area contributed by atoms with Crippen LogP contribution in [-0.4, -0.2) is 30.6 Å². The summed E-state index contributed by atoms with van der Waals surface area (Å²) in [6.45, 7) is 6.90. The van der Waals surface area contributed by atoms with E-state index in [1.54, 1.807) is 0 Å². The molecule has 0 spiro atoms. The van der Waals surface area contributed by atoms with Gasteiger partial charge in [-0.3, -0.25) is 0 Å². The Balaban J connectivity index is 1.77. The van der Waals surface area contributed by atoms with Crippen LogP contribution in [0.3, 0.4) is 0 Å². The Morgan fingerprint density at radius 2 is 1.95 bits per heavy atom. The molecular formula is C15H22Br2N2. The molecule has 0 aromatic heterocycles. The number of halogens is 2. The summed E-state index contributed by atoms with van der Waals surface area (Å²) >= 11 is 7.10. The molecule has 1 aromatic carbocycles. The fraction of sp³-hybridized carbons (Fsp3) is 0.600. The number of nitrogens with one attached hydrogen (secondary N) is 1. The van der Waals surface area contributed by atoms with Crippen molar-refractivity contribution in [1.82, 2.24) is 10.2 Å². The van der Waals surface area contributed by atoms with Gasteiger partial charge in [0.25, 0.3) is 0 Å². The summed E-state index contributed by atoms with van der Waals surface area (Å²) in [7, 11) is 0. The third-order valence-corrected chi connectivity index (χ3v) is 4.87. The average Bonchev–Trinajstić information content (AvgIpc) is 2.39. The first kappa shape index (κ1) is 15.5. The molecule has 0 amide bonds. The normalized spacial score (nSPS) is 18.5. The highest BCUT2D eigenvalue weighted by Gasteiger charge is 2.13. The second-order valence-corrected chi connectivity index (χ2v) is 7.15. The largest absolute Gasteiger partial charge is 0.309 e. The number of piperidine rings is 1. The molecule has 2 nitrogen and oxygen atoms in total. The van der Waals surface area contributed by atoms with Gasteiger partial charge in [-0.15, -0.1) is 0 Å². The van der Waals surface area contributed by atoms with E-state index in [-0.39, 0.29) is 0 Å². The van der Waals surface area contributed by atoms with Gasteiger partial charge in [-0.2, -0.15) is 0 Å². The Kier molecular flexibility index (Phi) is 6.33. The Hall–Kier alpha value is 0.1000. The molecule has 19 heavy (non-hydrogen) atoms. The quantitative estimate of drug-likeness (QED) is 0.812. The van der Waals surface area contributed by atoms with Crippen LogP contribution in [0.4, 0.5) is 0 Å². The summed E-state index contributed by atoms with van der Waals surface area (Å²) in [6.07, 6.45) is 4.14. The minimum Gasteiger partial charge on any atom is -0.309 e. The second kappa shape index (κ2) is 7.77. The molecule has 1 aromatic rings. The van der Waals surface area contributed by atoms with Crippen molar-refractivity contribution in [3.63, 3.8) is 0 Å². The fourth-order valence-electron chi connectivity index (χ4n) is 2.54. The highest BCUT2D eigenvalue weighted by atomic mass is 79.9. The molecule has 1 aliphatic rings. The molecule has 1 aliphatic heterocycles.